The SMILES string of the molecule is NC(=O)C(=CC1CC1)C(=O)N1CCC[C@H](n2nc(-c3ccc(Oc4ccccc4F)cc3)c3c(N)ncnc32)C1. The predicted molar refractivity (Wildman–Crippen MR) is 146 cm³/mol. The Morgan fingerprint density at radius 1 is 1.05 bits per heavy atom. The van der Waals surface area contributed by atoms with Gasteiger partial charge in [0.15, 0.2) is 17.2 Å². The number of nitrogens with two attached hydrogens (primary N) is 2. The first-order valence-corrected chi connectivity index (χ1v) is 13.2. The molecule has 3 heterocycles. The van der Waals surface area contributed by atoms with Crippen LogP contribution in [0.2, 0.25) is 0 Å². The van der Waals surface area contributed by atoms with Crippen LogP contribution in [0.15, 0.2) is 66.5 Å². The predicted octanol–water partition coefficient (Wildman–Crippen LogP) is 3.99. The molecular formula is C29H28FN7O3. The highest BCUT2D eigenvalue weighted by atomic mass is 19.1. The lowest BCUT2D eigenvalue weighted by Gasteiger charge is -2.33. The van der Waals surface area contributed by atoms with Crippen molar-refractivity contribution in [2.45, 2.75) is 31.7 Å². The quantitative estimate of drug-likeness (QED) is 0.205. The molecule has 0 unspecified atom stereocenters. The maximum atomic E-state index is 14.0. The number of halogens is 1. The fraction of sp³-hybridized carbons (Fsp3) is 0.276. The van der Waals surface area contributed by atoms with Crippen molar-refractivity contribution in [1.82, 2.24) is 24.6 Å². The second-order valence-electron chi connectivity index (χ2n) is 10.1. The number of likely N-dealkylation sites (tertiary alicyclic amines) is 1. The molecule has 11 heteroatoms. The third-order valence-electron chi connectivity index (χ3n) is 7.26. The number of amides is 2. The number of rotatable bonds is 7. The summed E-state index contributed by atoms with van der Waals surface area (Å²) in [5.74, 6) is -0.377. The van der Waals surface area contributed by atoms with E-state index in [2.05, 4.69) is 9.97 Å². The van der Waals surface area contributed by atoms with E-state index >= 15 is 0 Å². The maximum Gasteiger partial charge on any atom is 0.259 e. The fourth-order valence-corrected chi connectivity index (χ4v) is 5.05. The summed E-state index contributed by atoms with van der Waals surface area (Å²) in [4.78, 5) is 35.6. The molecule has 204 valence electrons. The molecule has 4 aromatic rings. The average molecular weight is 542 g/mol. The molecule has 1 aliphatic carbocycles. The van der Waals surface area contributed by atoms with Crippen LogP contribution in [0, 0.1) is 11.7 Å². The minimum Gasteiger partial charge on any atom is -0.454 e. The van der Waals surface area contributed by atoms with Crippen molar-refractivity contribution in [1.29, 1.82) is 0 Å². The minimum absolute atomic E-state index is 0.0541. The van der Waals surface area contributed by atoms with E-state index < -0.39 is 11.7 Å². The lowest BCUT2D eigenvalue weighted by molar-refractivity contribution is -0.131. The van der Waals surface area contributed by atoms with E-state index in [0.29, 0.717) is 35.6 Å². The van der Waals surface area contributed by atoms with E-state index in [9.17, 15) is 14.0 Å². The topological polar surface area (TPSA) is 142 Å². The number of benzene rings is 2. The van der Waals surface area contributed by atoms with E-state index in [1.807, 2.05) is 12.1 Å². The number of nitrogens with zero attached hydrogens (tertiary/aromatic N) is 5. The molecule has 10 nitrogen and oxygen atoms in total. The highest BCUT2D eigenvalue weighted by Gasteiger charge is 2.32. The van der Waals surface area contributed by atoms with Gasteiger partial charge in [0.05, 0.1) is 11.4 Å². The normalized spacial score (nSPS) is 17.7. The third kappa shape index (κ3) is 4.97. The molecule has 2 fully saturated rings. The lowest BCUT2D eigenvalue weighted by atomic mass is 10.0. The minimum atomic E-state index is -0.700. The van der Waals surface area contributed by atoms with Crippen LogP contribution in [0.5, 0.6) is 11.5 Å². The Kier molecular flexibility index (Phi) is 6.63. The number of hydrogen-bond acceptors (Lipinski definition) is 7. The van der Waals surface area contributed by atoms with Gasteiger partial charge in [-0.05, 0) is 68.0 Å². The molecule has 1 saturated carbocycles. The monoisotopic (exact) mass is 541 g/mol. The van der Waals surface area contributed by atoms with Gasteiger partial charge >= 0.3 is 0 Å². The lowest BCUT2D eigenvalue weighted by Crippen LogP contribution is -2.43. The molecule has 40 heavy (non-hydrogen) atoms. The Labute approximate surface area is 229 Å². The second-order valence-corrected chi connectivity index (χ2v) is 10.1. The van der Waals surface area contributed by atoms with E-state index in [1.54, 1.807) is 46.0 Å². The number of aromatic nitrogens is 4. The van der Waals surface area contributed by atoms with Crippen LogP contribution in [0.25, 0.3) is 22.3 Å². The van der Waals surface area contributed by atoms with Crippen molar-refractivity contribution >= 4 is 28.7 Å². The number of primary amides is 1. The molecule has 4 N–H and O–H groups in total. The first kappa shape index (κ1) is 25.5. The zero-order valence-electron chi connectivity index (χ0n) is 21.7. The van der Waals surface area contributed by atoms with Gasteiger partial charge in [-0.1, -0.05) is 18.2 Å². The van der Waals surface area contributed by atoms with E-state index in [1.165, 1.54) is 12.4 Å². The van der Waals surface area contributed by atoms with Gasteiger partial charge in [-0.15, -0.1) is 0 Å². The molecule has 0 radical (unpaired) electrons. The summed E-state index contributed by atoms with van der Waals surface area (Å²) in [6, 6.07) is 13.1. The third-order valence-corrected chi connectivity index (χ3v) is 7.26. The number of fused-ring (bicyclic) bond motifs is 1. The van der Waals surface area contributed by atoms with Gasteiger partial charge in [0.1, 0.15) is 29.2 Å². The molecule has 0 bridgehead atoms. The van der Waals surface area contributed by atoms with Crippen LogP contribution in [0.4, 0.5) is 10.2 Å². The Morgan fingerprint density at radius 3 is 2.55 bits per heavy atom. The van der Waals surface area contributed by atoms with Crippen molar-refractivity contribution < 1.29 is 18.7 Å². The van der Waals surface area contributed by atoms with Crippen LogP contribution < -0.4 is 16.2 Å². The second kappa shape index (κ2) is 10.4. The van der Waals surface area contributed by atoms with Crippen LogP contribution in [-0.2, 0) is 9.59 Å². The Morgan fingerprint density at radius 2 is 1.82 bits per heavy atom. The Balaban J connectivity index is 1.30. The molecule has 6 rings (SSSR count). The molecule has 1 saturated heterocycles. The Hall–Kier alpha value is -4.80. The molecule has 2 aliphatic rings. The summed E-state index contributed by atoms with van der Waals surface area (Å²) in [5, 5.41) is 5.49. The number of anilines is 1. The molecule has 2 aromatic heterocycles. The number of piperidine rings is 1. The number of nitrogen functional groups attached to an aromatic ring is 1. The highest BCUT2D eigenvalue weighted by Crippen LogP contribution is 2.36. The van der Waals surface area contributed by atoms with Gasteiger partial charge < -0.3 is 21.1 Å². The largest absolute Gasteiger partial charge is 0.454 e. The number of carbonyl (C=O) groups is 2. The van der Waals surface area contributed by atoms with Gasteiger partial charge in [-0.25, -0.2) is 19.0 Å². The van der Waals surface area contributed by atoms with Crippen molar-refractivity contribution in [3.63, 3.8) is 0 Å². The number of allylic oxidation sites excluding steroid dienone is 1. The van der Waals surface area contributed by atoms with E-state index in [4.69, 9.17) is 21.3 Å². The number of para-hydroxylation sites is 1. The molecule has 2 amide bonds. The molecule has 0 spiro atoms. The zero-order chi connectivity index (χ0) is 27.8. The molecule has 1 atom stereocenters. The molecule has 1 aliphatic heterocycles. The van der Waals surface area contributed by atoms with E-state index in [0.717, 1.165) is 31.2 Å². The first-order chi connectivity index (χ1) is 19.4. The van der Waals surface area contributed by atoms with Crippen molar-refractivity contribution in [2.75, 3.05) is 18.8 Å². The summed E-state index contributed by atoms with van der Waals surface area (Å²) >= 11 is 0. The standard InChI is InChI=1S/C29H28FN7O3/c30-22-5-1-2-6-23(22)40-20-11-9-18(10-12-20)25-24-26(31)33-16-34-28(24)37(35-25)19-4-3-13-36(15-19)29(39)21(27(32)38)14-17-7-8-17/h1-2,5-6,9-12,14,16-17,19H,3-4,7-8,13,15H2,(H2,32,38)(H2,31,33,34)/t19-/m0/s1. The van der Waals surface area contributed by atoms with Crippen LogP contribution >= 0.6 is 0 Å². The summed E-state index contributed by atoms with van der Waals surface area (Å²) in [6.07, 6.45) is 6.52. The number of carbonyl (C=O) groups excluding carboxylic acids is 2. The smallest absolute Gasteiger partial charge is 0.259 e. The summed E-state index contributed by atoms with van der Waals surface area (Å²) in [7, 11) is 0. The maximum absolute atomic E-state index is 14.0. The summed E-state index contributed by atoms with van der Waals surface area (Å²) in [5.41, 5.74) is 13.8. The molecular weight excluding hydrogens is 513 g/mol. The van der Waals surface area contributed by atoms with Gasteiger partial charge in [-0.3, -0.25) is 9.59 Å². The van der Waals surface area contributed by atoms with Gasteiger partial charge in [-0.2, -0.15) is 5.10 Å². The van der Waals surface area contributed by atoms with E-state index in [-0.39, 0.29) is 35.0 Å². The summed E-state index contributed by atoms with van der Waals surface area (Å²) in [6.45, 7) is 0.876. The van der Waals surface area contributed by atoms with Crippen LogP contribution in [0.1, 0.15) is 31.7 Å². The van der Waals surface area contributed by atoms with Gasteiger partial charge in [0.2, 0.25) is 0 Å². The summed E-state index contributed by atoms with van der Waals surface area (Å²) < 4.78 is 21.5. The highest BCUT2D eigenvalue weighted by molar-refractivity contribution is 6.17. The van der Waals surface area contributed by atoms with Gasteiger partial charge in [0, 0.05) is 18.7 Å². The Bertz CT molecular complexity index is 1630. The van der Waals surface area contributed by atoms with Gasteiger partial charge in [0.25, 0.3) is 11.8 Å². The van der Waals surface area contributed by atoms with Crippen molar-refractivity contribution in [2.24, 2.45) is 11.7 Å². The first-order valence-electron chi connectivity index (χ1n) is 13.2. The van der Waals surface area contributed by atoms with Crippen LogP contribution in [0.3, 0.4) is 0 Å². The van der Waals surface area contributed by atoms with Crippen molar-refractivity contribution in [3.05, 3.63) is 72.3 Å². The van der Waals surface area contributed by atoms with Crippen molar-refractivity contribution in [3.8, 4) is 22.8 Å². The average Bonchev–Trinajstić information content (AvgIpc) is 3.70. The zero-order valence-corrected chi connectivity index (χ0v) is 21.7. The number of hydrogen-bond donors (Lipinski definition) is 2. The number of ether oxygens (including phenoxy) is 1. The van der Waals surface area contributed by atoms with Crippen LogP contribution in [-0.4, -0.2) is 49.6 Å². The fourth-order valence-electron chi connectivity index (χ4n) is 5.05. The molecule has 2 aromatic carbocycles.